The second-order valence-corrected chi connectivity index (χ2v) is 6.36. The van der Waals surface area contributed by atoms with Gasteiger partial charge in [0.2, 0.25) is 5.16 Å². The Morgan fingerprint density at radius 3 is 3.14 bits per heavy atom. The van der Waals surface area contributed by atoms with Gasteiger partial charge in [0.25, 0.3) is 0 Å². The fourth-order valence-corrected chi connectivity index (χ4v) is 3.47. The summed E-state index contributed by atoms with van der Waals surface area (Å²) in [5.74, 6) is 0.932. The van der Waals surface area contributed by atoms with E-state index in [1.165, 1.54) is 0 Å². The molecule has 0 amide bonds. The SMILES string of the molecule is c1ccc2c(c1)[nH]c1nnc(SCCC3CNCCO3)nc12. The van der Waals surface area contributed by atoms with Crippen LogP contribution >= 0.6 is 11.8 Å². The lowest BCUT2D eigenvalue weighted by Crippen LogP contribution is -2.38. The number of hydrogen-bond donors (Lipinski definition) is 2. The summed E-state index contributed by atoms with van der Waals surface area (Å²) in [7, 11) is 0. The molecule has 0 radical (unpaired) electrons. The normalized spacial score (nSPS) is 19.0. The van der Waals surface area contributed by atoms with Crippen molar-refractivity contribution in [1.82, 2.24) is 25.5 Å². The molecule has 0 spiro atoms. The van der Waals surface area contributed by atoms with Gasteiger partial charge in [-0.15, -0.1) is 10.2 Å². The molecular formula is C15H17N5OS. The van der Waals surface area contributed by atoms with E-state index in [2.05, 4.69) is 31.5 Å². The van der Waals surface area contributed by atoms with Crippen LogP contribution in [0.3, 0.4) is 0 Å². The zero-order chi connectivity index (χ0) is 14.8. The first-order chi connectivity index (χ1) is 10.9. The van der Waals surface area contributed by atoms with Gasteiger partial charge in [0.1, 0.15) is 5.52 Å². The van der Waals surface area contributed by atoms with E-state index in [0.717, 1.165) is 59.1 Å². The Hall–Kier alpha value is -1.70. The second-order valence-electron chi connectivity index (χ2n) is 5.30. The number of hydrogen-bond acceptors (Lipinski definition) is 6. The highest BCUT2D eigenvalue weighted by Crippen LogP contribution is 2.24. The topological polar surface area (TPSA) is 75.7 Å². The maximum absolute atomic E-state index is 5.69. The third-order valence-electron chi connectivity index (χ3n) is 3.78. The van der Waals surface area contributed by atoms with Crippen LogP contribution in [-0.4, -0.2) is 51.7 Å². The average molecular weight is 315 g/mol. The van der Waals surface area contributed by atoms with Crippen molar-refractivity contribution in [2.45, 2.75) is 17.7 Å². The maximum atomic E-state index is 5.69. The van der Waals surface area contributed by atoms with Gasteiger partial charge in [0.15, 0.2) is 5.65 Å². The summed E-state index contributed by atoms with van der Waals surface area (Å²) in [6.07, 6.45) is 1.29. The zero-order valence-electron chi connectivity index (χ0n) is 12.1. The maximum Gasteiger partial charge on any atom is 0.209 e. The van der Waals surface area contributed by atoms with Crippen LogP contribution in [-0.2, 0) is 4.74 Å². The Morgan fingerprint density at radius 2 is 2.23 bits per heavy atom. The number of benzene rings is 1. The molecule has 6 nitrogen and oxygen atoms in total. The molecule has 1 aliphatic rings. The highest BCUT2D eigenvalue weighted by molar-refractivity contribution is 7.99. The van der Waals surface area contributed by atoms with Crippen LogP contribution in [0.15, 0.2) is 29.4 Å². The molecule has 2 N–H and O–H groups in total. The molecule has 1 fully saturated rings. The number of nitrogens with one attached hydrogen (secondary N) is 2. The number of aromatic nitrogens is 4. The van der Waals surface area contributed by atoms with E-state index in [0.29, 0.717) is 6.10 Å². The first-order valence-electron chi connectivity index (χ1n) is 7.46. The van der Waals surface area contributed by atoms with Crippen LogP contribution in [0.5, 0.6) is 0 Å². The van der Waals surface area contributed by atoms with Crippen LogP contribution in [0.25, 0.3) is 22.1 Å². The fraction of sp³-hybridized carbons (Fsp3) is 0.400. The number of rotatable bonds is 4. The van der Waals surface area contributed by atoms with E-state index in [4.69, 9.17) is 4.74 Å². The van der Waals surface area contributed by atoms with Crippen molar-refractivity contribution in [3.8, 4) is 0 Å². The van der Waals surface area contributed by atoms with Crippen molar-refractivity contribution in [1.29, 1.82) is 0 Å². The summed E-state index contributed by atoms with van der Waals surface area (Å²) in [5.41, 5.74) is 2.68. The van der Waals surface area contributed by atoms with Gasteiger partial charge in [0, 0.05) is 29.7 Å². The number of thioether (sulfide) groups is 1. The van der Waals surface area contributed by atoms with Crippen molar-refractivity contribution in [3.63, 3.8) is 0 Å². The number of morpholine rings is 1. The molecule has 3 aromatic rings. The van der Waals surface area contributed by atoms with Crippen molar-refractivity contribution < 1.29 is 4.74 Å². The second kappa shape index (κ2) is 6.20. The van der Waals surface area contributed by atoms with Crippen LogP contribution in [0.1, 0.15) is 6.42 Å². The monoisotopic (exact) mass is 315 g/mol. The van der Waals surface area contributed by atoms with Crippen molar-refractivity contribution in [3.05, 3.63) is 24.3 Å². The molecule has 1 aromatic carbocycles. The molecule has 0 bridgehead atoms. The van der Waals surface area contributed by atoms with Gasteiger partial charge in [-0.2, -0.15) is 0 Å². The molecule has 1 unspecified atom stereocenters. The molecule has 1 aliphatic heterocycles. The molecular weight excluding hydrogens is 298 g/mol. The van der Waals surface area contributed by atoms with E-state index in [1.54, 1.807) is 11.8 Å². The van der Waals surface area contributed by atoms with Gasteiger partial charge in [0.05, 0.1) is 12.7 Å². The van der Waals surface area contributed by atoms with Gasteiger partial charge in [-0.05, 0) is 12.5 Å². The lowest BCUT2D eigenvalue weighted by molar-refractivity contribution is 0.0274. The van der Waals surface area contributed by atoms with Crippen LogP contribution < -0.4 is 5.32 Å². The number of ether oxygens (including phenoxy) is 1. The predicted octanol–water partition coefficient (Wildman–Crippen LogP) is 1.98. The lowest BCUT2D eigenvalue weighted by atomic mass is 10.2. The van der Waals surface area contributed by atoms with E-state index < -0.39 is 0 Å². The van der Waals surface area contributed by atoms with Gasteiger partial charge >= 0.3 is 0 Å². The van der Waals surface area contributed by atoms with Gasteiger partial charge < -0.3 is 15.0 Å². The molecule has 3 heterocycles. The molecule has 0 aliphatic carbocycles. The largest absolute Gasteiger partial charge is 0.376 e. The van der Waals surface area contributed by atoms with Crippen molar-refractivity contribution in [2.75, 3.05) is 25.4 Å². The molecule has 2 aromatic heterocycles. The number of fused-ring (bicyclic) bond motifs is 3. The molecule has 114 valence electrons. The lowest BCUT2D eigenvalue weighted by Gasteiger charge is -2.23. The highest BCUT2D eigenvalue weighted by atomic mass is 32.2. The number of nitrogens with zero attached hydrogens (tertiary/aromatic N) is 3. The number of para-hydroxylation sites is 1. The Labute approximate surface area is 132 Å². The Balaban J connectivity index is 1.48. The first-order valence-corrected chi connectivity index (χ1v) is 8.45. The number of aromatic amines is 1. The van der Waals surface area contributed by atoms with Gasteiger partial charge in [-0.3, -0.25) is 0 Å². The van der Waals surface area contributed by atoms with Crippen LogP contribution in [0, 0.1) is 0 Å². The zero-order valence-corrected chi connectivity index (χ0v) is 12.9. The molecule has 1 saturated heterocycles. The van der Waals surface area contributed by atoms with Crippen molar-refractivity contribution in [2.24, 2.45) is 0 Å². The molecule has 1 atom stereocenters. The minimum Gasteiger partial charge on any atom is -0.376 e. The summed E-state index contributed by atoms with van der Waals surface area (Å²) in [6, 6.07) is 8.09. The minimum absolute atomic E-state index is 0.297. The van der Waals surface area contributed by atoms with Gasteiger partial charge in [-0.1, -0.05) is 30.0 Å². The third kappa shape index (κ3) is 2.79. The highest BCUT2D eigenvalue weighted by Gasteiger charge is 2.14. The van der Waals surface area contributed by atoms with Gasteiger partial charge in [-0.25, -0.2) is 4.98 Å². The Bertz CT molecular complexity index is 784. The van der Waals surface area contributed by atoms with Crippen LogP contribution in [0.2, 0.25) is 0 Å². The standard InChI is InChI=1S/C15H17N5OS/c1-2-4-12-11(3-1)13-14(17-12)19-20-15(18-13)22-8-5-10-9-16-6-7-21-10/h1-4,10,16H,5-9H2,(H,17,19). The average Bonchev–Trinajstić information content (AvgIpc) is 2.94. The smallest absolute Gasteiger partial charge is 0.209 e. The summed E-state index contributed by atoms with van der Waals surface area (Å²) < 4.78 is 5.69. The van der Waals surface area contributed by atoms with E-state index in [1.807, 2.05) is 18.2 Å². The number of H-pyrrole nitrogens is 1. The van der Waals surface area contributed by atoms with E-state index in [-0.39, 0.29) is 0 Å². The summed E-state index contributed by atoms with van der Waals surface area (Å²) >= 11 is 1.63. The third-order valence-corrected chi connectivity index (χ3v) is 4.65. The molecule has 0 saturated carbocycles. The molecule has 7 heteroatoms. The molecule has 4 rings (SSSR count). The predicted molar refractivity (Wildman–Crippen MR) is 87.1 cm³/mol. The van der Waals surface area contributed by atoms with E-state index >= 15 is 0 Å². The first kappa shape index (κ1) is 13.9. The minimum atomic E-state index is 0.297. The summed E-state index contributed by atoms with van der Waals surface area (Å²) in [4.78, 5) is 7.89. The summed E-state index contributed by atoms with van der Waals surface area (Å²) in [6.45, 7) is 2.68. The summed E-state index contributed by atoms with van der Waals surface area (Å²) in [5, 5.41) is 13.6. The van der Waals surface area contributed by atoms with E-state index in [9.17, 15) is 0 Å². The van der Waals surface area contributed by atoms with Crippen LogP contribution in [0.4, 0.5) is 0 Å². The van der Waals surface area contributed by atoms with Crippen molar-refractivity contribution >= 4 is 33.8 Å². The molecule has 22 heavy (non-hydrogen) atoms. The quantitative estimate of drug-likeness (QED) is 0.717. The Kier molecular flexibility index (Phi) is 3.92. The Morgan fingerprint density at radius 1 is 1.27 bits per heavy atom. The fourth-order valence-electron chi connectivity index (χ4n) is 2.66.